The van der Waals surface area contributed by atoms with Crippen LogP contribution in [0.3, 0.4) is 0 Å². The third-order valence-electron chi connectivity index (χ3n) is 4.56. The fourth-order valence-corrected chi connectivity index (χ4v) is 4.00. The van der Waals surface area contributed by atoms with Crippen LogP contribution in [0.5, 0.6) is 5.88 Å². The number of aryl methyl sites for hydroxylation is 1. The molecule has 0 aliphatic carbocycles. The lowest BCUT2D eigenvalue weighted by Crippen LogP contribution is -2.44. The van der Waals surface area contributed by atoms with Gasteiger partial charge in [-0.05, 0) is 43.0 Å². The van der Waals surface area contributed by atoms with Crippen molar-refractivity contribution in [1.82, 2.24) is 4.98 Å². The molecule has 2 amide bonds. The molecule has 0 saturated heterocycles. The summed E-state index contributed by atoms with van der Waals surface area (Å²) >= 11 is 0.595. The van der Waals surface area contributed by atoms with Crippen molar-refractivity contribution in [3.63, 3.8) is 0 Å². The van der Waals surface area contributed by atoms with Gasteiger partial charge in [0.25, 0.3) is 5.91 Å². The molecule has 1 N–H and O–H groups in total. The Morgan fingerprint density at radius 2 is 1.97 bits per heavy atom. The molecule has 168 valence electrons. The zero-order valence-corrected chi connectivity index (χ0v) is 18.7. The predicted molar refractivity (Wildman–Crippen MR) is 112 cm³/mol. The van der Waals surface area contributed by atoms with Gasteiger partial charge in [0, 0.05) is 11.3 Å². The van der Waals surface area contributed by atoms with E-state index in [1.807, 2.05) is 20.8 Å². The normalized spacial score (nSPS) is 16.7. The number of amides is 2. The van der Waals surface area contributed by atoms with Gasteiger partial charge in [0.1, 0.15) is 16.4 Å². The van der Waals surface area contributed by atoms with Gasteiger partial charge in [-0.25, -0.2) is 0 Å². The third-order valence-corrected chi connectivity index (χ3v) is 5.67. The second-order valence-electron chi connectivity index (χ2n) is 8.71. The predicted octanol–water partition coefficient (Wildman–Crippen LogP) is 5.16. The lowest BCUT2D eigenvalue weighted by molar-refractivity contribution is -0.134. The first-order valence-corrected chi connectivity index (χ1v) is 10.5. The SMILES string of the molecule is Cc1cc2c(nc1NC(=O)CC(C)(C)C)OC(C)C(=O)N2Cc1ccc(C(F)(F)F)s1. The number of ether oxygens (including phenoxy) is 1. The molecular weight excluding hydrogens is 431 g/mol. The number of hydrogen-bond acceptors (Lipinski definition) is 5. The largest absolute Gasteiger partial charge is 0.463 e. The average Bonchev–Trinajstić information content (AvgIpc) is 3.08. The summed E-state index contributed by atoms with van der Waals surface area (Å²) in [5.74, 6) is -0.0976. The van der Waals surface area contributed by atoms with Crippen molar-refractivity contribution >= 4 is 34.7 Å². The number of alkyl halides is 3. The zero-order chi connectivity index (χ0) is 23.1. The van der Waals surface area contributed by atoms with E-state index in [0.717, 1.165) is 6.07 Å². The molecule has 1 atom stereocenters. The number of fused-ring (bicyclic) bond motifs is 1. The molecule has 2 aromatic heterocycles. The first-order valence-electron chi connectivity index (χ1n) is 9.70. The Morgan fingerprint density at radius 1 is 1.29 bits per heavy atom. The van der Waals surface area contributed by atoms with E-state index < -0.39 is 17.2 Å². The Bertz CT molecular complexity index is 1010. The van der Waals surface area contributed by atoms with Gasteiger partial charge in [-0.3, -0.25) is 14.5 Å². The van der Waals surface area contributed by atoms with E-state index in [1.165, 1.54) is 11.0 Å². The number of halogens is 3. The van der Waals surface area contributed by atoms with Crippen LogP contribution in [0.15, 0.2) is 18.2 Å². The van der Waals surface area contributed by atoms with E-state index in [9.17, 15) is 22.8 Å². The average molecular weight is 456 g/mol. The number of hydrogen-bond donors (Lipinski definition) is 1. The minimum atomic E-state index is -4.43. The molecule has 31 heavy (non-hydrogen) atoms. The Hall–Kier alpha value is -2.62. The number of nitrogens with one attached hydrogen (secondary N) is 1. The van der Waals surface area contributed by atoms with Crippen LogP contribution >= 0.6 is 11.3 Å². The summed E-state index contributed by atoms with van der Waals surface area (Å²) in [6, 6.07) is 4.02. The Labute approximate surface area is 182 Å². The fourth-order valence-electron chi connectivity index (χ4n) is 3.14. The third kappa shape index (κ3) is 5.36. The van der Waals surface area contributed by atoms with Gasteiger partial charge >= 0.3 is 6.18 Å². The number of thiophene rings is 1. The molecule has 0 spiro atoms. The summed E-state index contributed by atoms with van der Waals surface area (Å²) in [5, 5.41) is 2.77. The van der Waals surface area contributed by atoms with Crippen molar-refractivity contribution < 1.29 is 27.5 Å². The quantitative estimate of drug-likeness (QED) is 0.691. The highest BCUT2D eigenvalue weighted by molar-refractivity contribution is 7.12. The van der Waals surface area contributed by atoms with E-state index in [4.69, 9.17) is 4.74 Å². The smallest absolute Gasteiger partial charge is 0.425 e. The molecule has 1 unspecified atom stereocenters. The van der Waals surface area contributed by atoms with E-state index in [1.54, 1.807) is 19.9 Å². The summed E-state index contributed by atoms with van der Waals surface area (Å²) in [7, 11) is 0. The van der Waals surface area contributed by atoms with Crippen molar-refractivity contribution in [1.29, 1.82) is 0 Å². The van der Waals surface area contributed by atoms with Gasteiger partial charge in [-0.15, -0.1) is 11.3 Å². The topological polar surface area (TPSA) is 71.5 Å². The highest BCUT2D eigenvalue weighted by Crippen LogP contribution is 2.39. The molecule has 2 aromatic rings. The zero-order valence-electron chi connectivity index (χ0n) is 17.9. The Kier molecular flexibility index (Phi) is 6.05. The molecule has 3 rings (SSSR count). The van der Waals surface area contributed by atoms with Gasteiger partial charge in [-0.2, -0.15) is 18.2 Å². The number of carbonyl (C=O) groups is 2. The molecule has 6 nitrogen and oxygen atoms in total. The molecule has 10 heteroatoms. The van der Waals surface area contributed by atoms with Crippen molar-refractivity contribution in [3.8, 4) is 5.88 Å². The lowest BCUT2D eigenvalue weighted by atomic mass is 9.92. The standard InChI is InChI=1S/C21H24F3N3O3S/c1-11-8-14-18(26-17(11)25-16(28)9-20(3,4)5)30-12(2)19(29)27(14)10-13-6-7-15(31-13)21(22,23)24/h6-8,12H,9-10H2,1-5H3,(H,25,26,28). The molecule has 0 aromatic carbocycles. The summed E-state index contributed by atoms with van der Waals surface area (Å²) in [5.41, 5.74) is 0.770. The van der Waals surface area contributed by atoms with Crippen molar-refractivity contribution in [2.45, 2.75) is 59.9 Å². The van der Waals surface area contributed by atoms with Crippen LogP contribution in [0.25, 0.3) is 0 Å². The molecule has 0 saturated carbocycles. The Balaban J connectivity index is 1.89. The number of rotatable bonds is 4. The molecule has 0 radical (unpaired) electrons. The summed E-state index contributed by atoms with van der Waals surface area (Å²) in [6.45, 7) is 9.09. The monoisotopic (exact) mass is 455 g/mol. The minimum absolute atomic E-state index is 0.0306. The second kappa shape index (κ2) is 8.14. The summed E-state index contributed by atoms with van der Waals surface area (Å²) < 4.78 is 44.4. The lowest BCUT2D eigenvalue weighted by Gasteiger charge is -2.32. The molecule has 1 aliphatic rings. The molecular formula is C21H24F3N3O3S. The van der Waals surface area contributed by atoms with Crippen LogP contribution < -0.4 is 15.0 Å². The van der Waals surface area contributed by atoms with Gasteiger partial charge < -0.3 is 10.1 Å². The highest BCUT2D eigenvalue weighted by Gasteiger charge is 2.36. The van der Waals surface area contributed by atoms with Crippen LogP contribution in [0.2, 0.25) is 0 Å². The number of anilines is 2. The minimum Gasteiger partial charge on any atom is -0.463 e. The van der Waals surface area contributed by atoms with Crippen LogP contribution in [0.4, 0.5) is 24.7 Å². The van der Waals surface area contributed by atoms with Crippen LogP contribution in [0, 0.1) is 12.3 Å². The maximum Gasteiger partial charge on any atom is 0.425 e. The van der Waals surface area contributed by atoms with Crippen LogP contribution in [-0.2, 0) is 22.3 Å². The van der Waals surface area contributed by atoms with Gasteiger partial charge in [0.05, 0.1) is 6.54 Å². The number of carbonyl (C=O) groups excluding carboxylic acids is 2. The highest BCUT2D eigenvalue weighted by atomic mass is 32.1. The van der Waals surface area contributed by atoms with E-state index >= 15 is 0 Å². The number of nitrogens with zero attached hydrogens (tertiary/aromatic N) is 2. The van der Waals surface area contributed by atoms with Gasteiger partial charge in [0.15, 0.2) is 6.10 Å². The van der Waals surface area contributed by atoms with E-state index in [0.29, 0.717) is 39.7 Å². The van der Waals surface area contributed by atoms with E-state index in [-0.39, 0.29) is 29.7 Å². The fraction of sp³-hybridized carbons (Fsp3) is 0.476. The van der Waals surface area contributed by atoms with Crippen molar-refractivity contribution in [2.75, 3.05) is 10.2 Å². The molecule has 3 heterocycles. The van der Waals surface area contributed by atoms with Crippen molar-refractivity contribution in [2.24, 2.45) is 5.41 Å². The van der Waals surface area contributed by atoms with Gasteiger partial charge in [0.2, 0.25) is 11.8 Å². The summed E-state index contributed by atoms with van der Waals surface area (Å²) in [6.07, 6.45) is -4.99. The first kappa shape index (κ1) is 23.1. The molecule has 0 fully saturated rings. The van der Waals surface area contributed by atoms with Crippen LogP contribution in [0.1, 0.15) is 49.4 Å². The maximum atomic E-state index is 12.9. The van der Waals surface area contributed by atoms with E-state index in [2.05, 4.69) is 10.3 Å². The molecule has 0 bridgehead atoms. The molecule has 1 aliphatic heterocycles. The number of pyridine rings is 1. The Morgan fingerprint density at radius 3 is 2.55 bits per heavy atom. The first-order chi connectivity index (χ1) is 14.2. The second-order valence-corrected chi connectivity index (χ2v) is 9.88. The van der Waals surface area contributed by atoms with Gasteiger partial charge in [-0.1, -0.05) is 20.8 Å². The summed E-state index contributed by atoms with van der Waals surface area (Å²) in [4.78, 5) is 30.4. The number of aromatic nitrogens is 1. The van der Waals surface area contributed by atoms with Crippen LogP contribution in [-0.4, -0.2) is 22.9 Å². The van der Waals surface area contributed by atoms with Crippen molar-refractivity contribution in [3.05, 3.63) is 33.5 Å². The maximum absolute atomic E-state index is 12.9.